The van der Waals surface area contributed by atoms with Crippen molar-refractivity contribution in [2.75, 3.05) is 0 Å². The number of hydrogen-bond acceptors (Lipinski definition) is 4. The number of furan rings is 1. The second-order valence-electron chi connectivity index (χ2n) is 4.37. The van der Waals surface area contributed by atoms with Crippen LogP contribution in [0.1, 0.15) is 47.3 Å². The number of rotatable bonds is 4. The van der Waals surface area contributed by atoms with E-state index in [2.05, 4.69) is 31.1 Å². The Labute approximate surface area is 106 Å². The molecule has 2 aromatic heterocycles. The van der Waals surface area contributed by atoms with Gasteiger partial charge in [0, 0.05) is 11.1 Å². The third kappa shape index (κ3) is 2.96. The molecule has 0 aliphatic heterocycles. The van der Waals surface area contributed by atoms with Crippen LogP contribution in [0.3, 0.4) is 0 Å². The van der Waals surface area contributed by atoms with Gasteiger partial charge >= 0.3 is 0 Å². The van der Waals surface area contributed by atoms with Gasteiger partial charge in [-0.15, -0.1) is 11.3 Å². The molecule has 17 heavy (non-hydrogen) atoms. The highest BCUT2D eigenvalue weighted by atomic mass is 32.1. The van der Waals surface area contributed by atoms with Gasteiger partial charge in [0.2, 0.25) is 0 Å². The van der Waals surface area contributed by atoms with Gasteiger partial charge in [-0.3, -0.25) is 5.32 Å². The van der Waals surface area contributed by atoms with Crippen molar-refractivity contribution in [2.24, 2.45) is 0 Å². The summed E-state index contributed by atoms with van der Waals surface area (Å²) in [5.74, 6) is 1.93. The summed E-state index contributed by atoms with van der Waals surface area (Å²) >= 11 is 1.73. The normalized spacial score (nSPS) is 14.8. The van der Waals surface area contributed by atoms with Crippen LogP contribution in [0.2, 0.25) is 0 Å². The Bertz CT molecular complexity index is 445. The van der Waals surface area contributed by atoms with Crippen molar-refractivity contribution in [3.8, 4) is 0 Å². The van der Waals surface area contributed by atoms with Crippen molar-refractivity contribution in [2.45, 2.75) is 39.8 Å². The van der Waals surface area contributed by atoms with Crippen LogP contribution in [0.5, 0.6) is 0 Å². The van der Waals surface area contributed by atoms with E-state index in [4.69, 9.17) is 4.42 Å². The molecule has 0 saturated carbocycles. The van der Waals surface area contributed by atoms with Crippen LogP contribution in [0.25, 0.3) is 0 Å². The van der Waals surface area contributed by atoms with Gasteiger partial charge in [0.25, 0.3) is 0 Å². The average Bonchev–Trinajstić information content (AvgIpc) is 2.87. The van der Waals surface area contributed by atoms with Crippen molar-refractivity contribution < 1.29 is 4.42 Å². The highest BCUT2D eigenvalue weighted by molar-refractivity contribution is 7.11. The molecule has 2 heterocycles. The summed E-state index contributed by atoms with van der Waals surface area (Å²) in [5.41, 5.74) is 0. The summed E-state index contributed by atoms with van der Waals surface area (Å²) in [6, 6.07) is 4.45. The Morgan fingerprint density at radius 2 is 2.00 bits per heavy atom. The van der Waals surface area contributed by atoms with Gasteiger partial charge < -0.3 is 4.42 Å². The molecule has 0 fully saturated rings. The Kier molecular flexibility index (Phi) is 3.64. The van der Waals surface area contributed by atoms with Crippen LogP contribution in [0.4, 0.5) is 0 Å². The lowest BCUT2D eigenvalue weighted by atomic mass is 10.2. The Morgan fingerprint density at radius 1 is 1.24 bits per heavy atom. The molecule has 0 bridgehead atoms. The summed E-state index contributed by atoms with van der Waals surface area (Å²) < 4.78 is 5.61. The molecule has 0 aliphatic rings. The summed E-state index contributed by atoms with van der Waals surface area (Å²) in [7, 11) is 0. The highest BCUT2D eigenvalue weighted by Gasteiger charge is 2.15. The first-order chi connectivity index (χ1) is 8.06. The minimum atomic E-state index is 0.197. The number of aryl methyl sites for hydroxylation is 2. The minimum Gasteiger partial charge on any atom is -0.465 e. The molecule has 2 atom stereocenters. The average molecular weight is 250 g/mol. The zero-order valence-corrected chi connectivity index (χ0v) is 11.5. The molecule has 0 amide bonds. The summed E-state index contributed by atoms with van der Waals surface area (Å²) in [5, 5.41) is 4.62. The Balaban J connectivity index is 2.01. The van der Waals surface area contributed by atoms with Crippen LogP contribution >= 0.6 is 11.3 Å². The maximum absolute atomic E-state index is 5.61. The van der Waals surface area contributed by atoms with Gasteiger partial charge in [-0.05, 0) is 39.8 Å². The first-order valence-electron chi connectivity index (χ1n) is 5.81. The first-order valence-corrected chi connectivity index (χ1v) is 6.62. The Hall–Kier alpha value is -1.13. The van der Waals surface area contributed by atoms with Crippen molar-refractivity contribution >= 4 is 11.3 Å². The maximum atomic E-state index is 5.61. The van der Waals surface area contributed by atoms with E-state index in [1.807, 2.05) is 25.3 Å². The van der Waals surface area contributed by atoms with E-state index in [0.717, 1.165) is 16.5 Å². The van der Waals surface area contributed by atoms with E-state index >= 15 is 0 Å². The highest BCUT2D eigenvalue weighted by Crippen LogP contribution is 2.23. The molecule has 0 aliphatic carbocycles. The van der Waals surface area contributed by atoms with Gasteiger partial charge in [-0.2, -0.15) is 0 Å². The van der Waals surface area contributed by atoms with E-state index in [9.17, 15) is 0 Å². The minimum absolute atomic E-state index is 0.197. The second kappa shape index (κ2) is 5.02. The molecular formula is C13H18N2OS. The van der Waals surface area contributed by atoms with Crippen molar-refractivity contribution in [1.82, 2.24) is 10.3 Å². The third-order valence-corrected chi connectivity index (χ3v) is 3.79. The summed E-state index contributed by atoms with van der Waals surface area (Å²) in [4.78, 5) is 5.64. The van der Waals surface area contributed by atoms with Crippen molar-refractivity contribution in [3.05, 3.63) is 39.7 Å². The quantitative estimate of drug-likeness (QED) is 0.897. The number of aromatic nitrogens is 1. The predicted molar refractivity (Wildman–Crippen MR) is 70.3 cm³/mol. The molecule has 0 radical (unpaired) electrons. The Morgan fingerprint density at radius 3 is 2.53 bits per heavy atom. The van der Waals surface area contributed by atoms with Gasteiger partial charge in [-0.25, -0.2) is 4.98 Å². The molecule has 4 heteroatoms. The molecule has 0 spiro atoms. The van der Waals surface area contributed by atoms with Crippen molar-refractivity contribution in [1.29, 1.82) is 0 Å². The second-order valence-corrected chi connectivity index (χ2v) is 5.63. The molecule has 1 N–H and O–H groups in total. The lowest BCUT2D eigenvalue weighted by molar-refractivity contribution is 0.392. The molecule has 2 unspecified atom stereocenters. The maximum Gasteiger partial charge on any atom is 0.120 e. The van der Waals surface area contributed by atoms with Gasteiger partial charge in [0.1, 0.15) is 16.5 Å². The lowest BCUT2D eigenvalue weighted by Crippen LogP contribution is -2.21. The smallest absolute Gasteiger partial charge is 0.120 e. The fraction of sp³-hybridized carbons (Fsp3) is 0.462. The summed E-state index contributed by atoms with van der Waals surface area (Å²) in [6.07, 6.45) is 1.92. The van der Waals surface area contributed by atoms with E-state index in [1.165, 1.54) is 4.88 Å². The lowest BCUT2D eigenvalue weighted by Gasteiger charge is -2.16. The first kappa shape index (κ1) is 12.3. The molecule has 2 rings (SSSR count). The van der Waals surface area contributed by atoms with E-state index in [1.54, 1.807) is 11.3 Å². The van der Waals surface area contributed by atoms with Gasteiger partial charge in [0.15, 0.2) is 0 Å². The fourth-order valence-corrected chi connectivity index (χ4v) is 2.57. The number of nitrogens with zero attached hydrogens (tertiary/aromatic N) is 1. The van der Waals surface area contributed by atoms with Crippen LogP contribution in [-0.2, 0) is 0 Å². The van der Waals surface area contributed by atoms with E-state index in [-0.39, 0.29) is 12.1 Å². The molecule has 0 aromatic carbocycles. The zero-order chi connectivity index (χ0) is 12.4. The fourth-order valence-electron chi connectivity index (χ4n) is 1.79. The molecule has 92 valence electrons. The van der Waals surface area contributed by atoms with Crippen LogP contribution < -0.4 is 5.32 Å². The van der Waals surface area contributed by atoms with Crippen LogP contribution in [-0.4, -0.2) is 4.98 Å². The van der Waals surface area contributed by atoms with E-state index < -0.39 is 0 Å². The monoisotopic (exact) mass is 250 g/mol. The van der Waals surface area contributed by atoms with E-state index in [0.29, 0.717) is 0 Å². The largest absolute Gasteiger partial charge is 0.465 e. The van der Waals surface area contributed by atoms with Gasteiger partial charge in [0.05, 0.1) is 12.1 Å². The molecule has 3 nitrogen and oxygen atoms in total. The van der Waals surface area contributed by atoms with Gasteiger partial charge in [-0.1, -0.05) is 0 Å². The van der Waals surface area contributed by atoms with Crippen LogP contribution in [0.15, 0.2) is 22.7 Å². The predicted octanol–water partition coefficient (Wildman–Crippen LogP) is 3.76. The van der Waals surface area contributed by atoms with Crippen molar-refractivity contribution in [3.63, 3.8) is 0 Å². The SMILES string of the molecule is Cc1ccc(C(C)NC(C)c2ncc(C)s2)o1. The van der Waals surface area contributed by atoms with Crippen LogP contribution in [0, 0.1) is 13.8 Å². The molecule has 0 saturated heterocycles. The number of thiazole rings is 1. The topological polar surface area (TPSA) is 38.1 Å². The molecular weight excluding hydrogens is 232 g/mol. The summed E-state index contributed by atoms with van der Waals surface area (Å²) in [6.45, 7) is 8.27. The zero-order valence-electron chi connectivity index (χ0n) is 10.7. The molecule has 2 aromatic rings. The standard InChI is InChI=1S/C13H18N2OS/c1-8-5-6-12(16-8)10(3)15-11(4)13-14-7-9(2)17-13/h5-7,10-11,15H,1-4H3. The number of hydrogen-bond donors (Lipinski definition) is 1. The third-order valence-electron chi connectivity index (χ3n) is 2.70. The number of nitrogens with one attached hydrogen (secondary N) is 1.